The van der Waals surface area contributed by atoms with Gasteiger partial charge in [-0.2, -0.15) is 0 Å². The Labute approximate surface area is 172 Å². The fourth-order valence-corrected chi connectivity index (χ4v) is 6.14. The van der Waals surface area contributed by atoms with Crippen LogP contribution in [0.25, 0.3) is 0 Å². The fraction of sp³-hybridized carbons (Fsp3) is 0.692. The van der Waals surface area contributed by atoms with Gasteiger partial charge in [0.15, 0.2) is 0 Å². The molecule has 28 heavy (non-hydrogen) atoms. The third kappa shape index (κ3) is 4.39. The van der Waals surface area contributed by atoms with Gasteiger partial charge in [0.2, 0.25) is 0 Å². The summed E-state index contributed by atoms with van der Waals surface area (Å²) in [5.41, 5.74) is 3.78. The van der Waals surface area contributed by atoms with Gasteiger partial charge in [-0.3, -0.25) is 0 Å². The Kier molecular flexibility index (Phi) is 6.72. The lowest BCUT2D eigenvalue weighted by Gasteiger charge is -2.44. The summed E-state index contributed by atoms with van der Waals surface area (Å²) in [5.74, 6) is 2.69. The van der Waals surface area contributed by atoms with E-state index in [-0.39, 0.29) is 0 Å². The van der Waals surface area contributed by atoms with Crippen molar-refractivity contribution in [3.05, 3.63) is 47.6 Å². The summed E-state index contributed by atoms with van der Waals surface area (Å²) in [6.45, 7) is 13.5. The molecule has 2 heteroatoms. The highest BCUT2D eigenvalue weighted by Gasteiger charge is 2.50. The van der Waals surface area contributed by atoms with Crippen LogP contribution in [0.3, 0.4) is 0 Å². The monoisotopic (exact) mass is 384 g/mol. The van der Waals surface area contributed by atoms with Crippen molar-refractivity contribution in [2.75, 3.05) is 0 Å². The first-order valence-electron chi connectivity index (χ1n) is 11.4. The first-order chi connectivity index (χ1) is 13.2. The molecule has 3 unspecified atom stereocenters. The lowest BCUT2D eigenvalue weighted by atomic mass is 9.61. The highest BCUT2D eigenvalue weighted by atomic mass is 16.3. The lowest BCUT2D eigenvalue weighted by molar-refractivity contribution is 0.0862. The number of fused-ring (bicyclic) bond motifs is 1. The molecule has 0 aliphatic heterocycles. The molecular formula is C26H40O2. The van der Waals surface area contributed by atoms with E-state index in [0.29, 0.717) is 36.0 Å². The lowest BCUT2D eigenvalue weighted by Crippen LogP contribution is -2.35. The third-order valence-corrected chi connectivity index (χ3v) is 7.74. The maximum Gasteiger partial charge on any atom is 0.0811 e. The van der Waals surface area contributed by atoms with Crippen LogP contribution in [0.5, 0.6) is 0 Å². The molecule has 0 aromatic rings. The van der Waals surface area contributed by atoms with Gasteiger partial charge in [0.05, 0.1) is 12.2 Å². The van der Waals surface area contributed by atoms with E-state index in [0.717, 1.165) is 17.1 Å². The number of aliphatic hydroxyl groups excluding tert-OH is 2. The summed E-state index contributed by atoms with van der Waals surface area (Å²) in [6, 6.07) is 0. The highest BCUT2D eigenvalue weighted by Crippen LogP contribution is 2.59. The smallest absolute Gasteiger partial charge is 0.0811 e. The van der Waals surface area contributed by atoms with Crippen molar-refractivity contribution in [3.8, 4) is 0 Å². The van der Waals surface area contributed by atoms with Crippen molar-refractivity contribution < 1.29 is 10.2 Å². The number of aliphatic hydroxyl groups is 2. The predicted molar refractivity (Wildman–Crippen MR) is 118 cm³/mol. The summed E-state index contributed by atoms with van der Waals surface area (Å²) >= 11 is 0. The molecule has 6 atom stereocenters. The molecule has 0 saturated heterocycles. The van der Waals surface area contributed by atoms with Crippen LogP contribution in [0.4, 0.5) is 0 Å². The second-order valence-corrected chi connectivity index (χ2v) is 10.2. The van der Waals surface area contributed by atoms with Crippen LogP contribution < -0.4 is 0 Å². The quantitative estimate of drug-likeness (QED) is 0.586. The highest BCUT2D eigenvalue weighted by molar-refractivity contribution is 5.38. The first kappa shape index (κ1) is 21.6. The topological polar surface area (TPSA) is 40.5 Å². The molecule has 0 aromatic carbocycles. The summed E-state index contributed by atoms with van der Waals surface area (Å²) < 4.78 is 0. The zero-order chi connectivity index (χ0) is 20.5. The Balaban J connectivity index is 1.79. The predicted octanol–water partition coefficient (Wildman–Crippen LogP) is 5.98. The van der Waals surface area contributed by atoms with Crippen LogP contribution in [-0.2, 0) is 0 Å². The van der Waals surface area contributed by atoms with Crippen LogP contribution >= 0.6 is 0 Å². The zero-order valence-corrected chi connectivity index (χ0v) is 18.3. The molecule has 0 bridgehead atoms. The van der Waals surface area contributed by atoms with Crippen molar-refractivity contribution >= 4 is 0 Å². The minimum atomic E-state index is -0.602. The van der Waals surface area contributed by atoms with Gasteiger partial charge in [0, 0.05) is 6.42 Å². The van der Waals surface area contributed by atoms with E-state index in [1.807, 2.05) is 0 Å². The summed E-state index contributed by atoms with van der Waals surface area (Å²) in [6.07, 6.45) is 15.7. The molecule has 156 valence electrons. The van der Waals surface area contributed by atoms with Crippen LogP contribution in [0.1, 0.15) is 72.6 Å². The molecule has 2 N–H and O–H groups in total. The summed E-state index contributed by atoms with van der Waals surface area (Å²) in [4.78, 5) is 0. The normalized spacial score (nSPS) is 40.6. The van der Waals surface area contributed by atoms with Crippen molar-refractivity contribution in [3.63, 3.8) is 0 Å². The van der Waals surface area contributed by atoms with E-state index in [1.54, 1.807) is 5.57 Å². The Bertz CT molecular complexity index is 668. The molecular weight excluding hydrogens is 344 g/mol. The van der Waals surface area contributed by atoms with E-state index in [2.05, 4.69) is 58.6 Å². The number of allylic oxidation sites excluding steroid dienone is 5. The van der Waals surface area contributed by atoms with Gasteiger partial charge in [0.25, 0.3) is 0 Å². The SMILES string of the molecule is C=C1C(=CC=C2CCCC3(C)C2CC[C@@H]3[C@H](C)C=CC(C)C)C[C@@H](O)CC1O. The van der Waals surface area contributed by atoms with Crippen molar-refractivity contribution in [2.45, 2.75) is 84.8 Å². The van der Waals surface area contributed by atoms with E-state index in [1.165, 1.54) is 32.1 Å². The Morgan fingerprint density at radius 3 is 2.57 bits per heavy atom. The molecule has 3 aliphatic carbocycles. The molecule has 3 saturated carbocycles. The first-order valence-corrected chi connectivity index (χ1v) is 11.4. The second-order valence-electron chi connectivity index (χ2n) is 10.2. The zero-order valence-electron chi connectivity index (χ0n) is 18.3. The number of hydrogen-bond donors (Lipinski definition) is 2. The third-order valence-electron chi connectivity index (χ3n) is 7.74. The molecule has 0 amide bonds. The summed E-state index contributed by atoms with van der Waals surface area (Å²) in [7, 11) is 0. The van der Waals surface area contributed by atoms with Gasteiger partial charge in [-0.25, -0.2) is 0 Å². The average Bonchev–Trinajstić information content (AvgIpc) is 2.99. The Morgan fingerprint density at radius 2 is 1.86 bits per heavy atom. The maximum absolute atomic E-state index is 10.1. The Morgan fingerprint density at radius 1 is 1.11 bits per heavy atom. The van der Waals surface area contributed by atoms with E-state index < -0.39 is 12.2 Å². The van der Waals surface area contributed by atoms with E-state index >= 15 is 0 Å². The van der Waals surface area contributed by atoms with Crippen molar-refractivity contribution in [1.29, 1.82) is 0 Å². The van der Waals surface area contributed by atoms with Crippen LogP contribution in [-0.4, -0.2) is 22.4 Å². The number of hydrogen-bond acceptors (Lipinski definition) is 2. The standard InChI is InChI=1S/C26H40O2/c1-17(2)8-9-18(3)23-12-13-24-20(7-6-14-26(23,24)5)10-11-21-15-22(27)16-25(28)19(21)4/h8-11,17-18,22-25,27-28H,4,6-7,12-16H2,1-3,5H3/t18-,22-,23-,24?,25?,26?/m1/s1. The van der Waals surface area contributed by atoms with Gasteiger partial charge in [0.1, 0.15) is 0 Å². The maximum atomic E-state index is 10.1. The molecule has 3 aliphatic rings. The second kappa shape index (κ2) is 8.71. The van der Waals surface area contributed by atoms with Gasteiger partial charge < -0.3 is 10.2 Å². The van der Waals surface area contributed by atoms with Crippen molar-refractivity contribution in [2.24, 2.45) is 29.1 Å². The van der Waals surface area contributed by atoms with Crippen LogP contribution in [0, 0.1) is 29.1 Å². The van der Waals surface area contributed by atoms with E-state index in [9.17, 15) is 10.2 Å². The van der Waals surface area contributed by atoms with Gasteiger partial charge in [-0.05, 0) is 78.8 Å². The molecule has 0 spiro atoms. The molecule has 3 fully saturated rings. The van der Waals surface area contributed by atoms with E-state index in [4.69, 9.17) is 0 Å². The minimum Gasteiger partial charge on any atom is -0.393 e. The summed E-state index contributed by atoms with van der Waals surface area (Å²) in [5, 5.41) is 20.1. The van der Waals surface area contributed by atoms with Gasteiger partial charge in [-0.15, -0.1) is 0 Å². The Hall–Kier alpha value is -1.12. The number of rotatable bonds is 4. The molecule has 0 heterocycles. The van der Waals surface area contributed by atoms with Gasteiger partial charge >= 0.3 is 0 Å². The largest absolute Gasteiger partial charge is 0.393 e. The average molecular weight is 385 g/mol. The fourth-order valence-electron chi connectivity index (χ4n) is 6.14. The molecule has 3 rings (SSSR count). The van der Waals surface area contributed by atoms with Crippen LogP contribution in [0.2, 0.25) is 0 Å². The molecule has 0 radical (unpaired) electrons. The molecule has 2 nitrogen and oxygen atoms in total. The van der Waals surface area contributed by atoms with Crippen LogP contribution in [0.15, 0.2) is 47.6 Å². The van der Waals surface area contributed by atoms with Gasteiger partial charge in [-0.1, -0.05) is 64.2 Å². The molecule has 0 aromatic heterocycles. The van der Waals surface area contributed by atoms with Crippen molar-refractivity contribution in [1.82, 2.24) is 0 Å². The minimum absolute atomic E-state index is 0.395.